The van der Waals surface area contributed by atoms with Crippen LogP contribution in [0.1, 0.15) is 35.8 Å². The molecule has 0 fully saturated rings. The molecule has 1 aromatic carbocycles. The van der Waals surface area contributed by atoms with Crippen molar-refractivity contribution in [2.24, 2.45) is 7.05 Å². The predicted octanol–water partition coefficient (Wildman–Crippen LogP) is 3.65. The van der Waals surface area contributed by atoms with E-state index < -0.39 is 0 Å². The molecule has 0 atom stereocenters. The van der Waals surface area contributed by atoms with Gasteiger partial charge in [-0.15, -0.1) is 11.3 Å². The quantitative estimate of drug-likeness (QED) is 0.615. The molecule has 1 amide bonds. The number of rotatable bonds is 8. The third kappa shape index (κ3) is 4.70. The molecule has 0 radical (unpaired) electrons. The van der Waals surface area contributed by atoms with Crippen molar-refractivity contribution in [1.29, 1.82) is 0 Å². The van der Waals surface area contributed by atoms with Gasteiger partial charge in [0.25, 0.3) is 5.91 Å². The summed E-state index contributed by atoms with van der Waals surface area (Å²) in [5.74, 6) is 0.645. The Labute approximate surface area is 156 Å². The molecule has 1 N–H and O–H groups in total. The van der Waals surface area contributed by atoms with E-state index in [0.29, 0.717) is 18.8 Å². The van der Waals surface area contributed by atoms with Crippen LogP contribution in [0.4, 0.5) is 0 Å². The van der Waals surface area contributed by atoms with Gasteiger partial charge in [0.05, 0.1) is 12.8 Å². The van der Waals surface area contributed by atoms with Gasteiger partial charge in [-0.05, 0) is 24.1 Å². The summed E-state index contributed by atoms with van der Waals surface area (Å²) in [5.41, 5.74) is 2.33. The minimum Gasteiger partial charge on any atom is -0.494 e. The van der Waals surface area contributed by atoms with Crippen LogP contribution in [0.25, 0.3) is 10.6 Å². The molecule has 0 bridgehead atoms. The van der Waals surface area contributed by atoms with E-state index >= 15 is 0 Å². The molecule has 0 unspecified atom stereocenters. The van der Waals surface area contributed by atoms with Crippen LogP contribution in [0.5, 0.6) is 5.75 Å². The van der Waals surface area contributed by atoms with Crippen LogP contribution < -0.4 is 10.1 Å². The fraction of sp³-hybridized carbons (Fsp3) is 0.316. The Morgan fingerprint density at radius 3 is 3.04 bits per heavy atom. The number of unbranched alkanes of at least 4 members (excludes halogenated alkanes) is 1. The smallest absolute Gasteiger partial charge is 0.271 e. The first-order valence-electron chi connectivity index (χ1n) is 8.60. The number of aryl methyl sites for hydroxylation is 1. The highest BCUT2D eigenvalue weighted by Gasteiger charge is 2.12. The molecule has 0 spiro atoms. The van der Waals surface area contributed by atoms with Gasteiger partial charge in [-0.3, -0.25) is 9.48 Å². The monoisotopic (exact) mass is 370 g/mol. The lowest BCUT2D eigenvalue weighted by molar-refractivity contribution is 0.0946. The van der Waals surface area contributed by atoms with Crippen molar-refractivity contribution in [3.8, 4) is 16.3 Å². The number of amides is 1. The summed E-state index contributed by atoms with van der Waals surface area (Å²) in [5, 5.41) is 9.59. The maximum atomic E-state index is 12.3. The minimum absolute atomic E-state index is 0.186. The third-order valence-electron chi connectivity index (χ3n) is 3.81. The fourth-order valence-electron chi connectivity index (χ4n) is 2.39. The van der Waals surface area contributed by atoms with Gasteiger partial charge in [-0.1, -0.05) is 25.5 Å². The lowest BCUT2D eigenvalue weighted by Crippen LogP contribution is -2.23. The van der Waals surface area contributed by atoms with Crippen LogP contribution >= 0.6 is 11.3 Å². The lowest BCUT2D eigenvalue weighted by atomic mass is 10.2. The van der Waals surface area contributed by atoms with E-state index in [9.17, 15) is 4.79 Å². The van der Waals surface area contributed by atoms with Crippen molar-refractivity contribution in [3.05, 3.63) is 53.3 Å². The fourth-order valence-corrected chi connectivity index (χ4v) is 3.17. The van der Waals surface area contributed by atoms with Gasteiger partial charge in [-0.2, -0.15) is 5.10 Å². The number of carbonyl (C=O) groups excluding carboxylic acids is 1. The summed E-state index contributed by atoms with van der Waals surface area (Å²) in [6.07, 6.45) is 5.75. The van der Waals surface area contributed by atoms with Crippen LogP contribution in [-0.4, -0.2) is 27.3 Å². The van der Waals surface area contributed by atoms with Gasteiger partial charge >= 0.3 is 0 Å². The van der Waals surface area contributed by atoms with Crippen LogP contribution in [0.2, 0.25) is 0 Å². The average Bonchev–Trinajstić information content (AvgIpc) is 3.29. The van der Waals surface area contributed by atoms with E-state index in [2.05, 4.69) is 22.3 Å². The zero-order valence-electron chi connectivity index (χ0n) is 14.9. The van der Waals surface area contributed by atoms with Crippen molar-refractivity contribution in [2.75, 3.05) is 6.61 Å². The second-order valence-electron chi connectivity index (χ2n) is 5.97. The molecule has 7 heteroatoms. The lowest BCUT2D eigenvalue weighted by Gasteiger charge is -2.08. The first-order chi connectivity index (χ1) is 12.7. The molecule has 6 nitrogen and oxygen atoms in total. The van der Waals surface area contributed by atoms with Crippen molar-refractivity contribution < 1.29 is 9.53 Å². The molecule has 3 rings (SSSR count). The van der Waals surface area contributed by atoms with Gasteiger partial charge in [0.1, 0.15) is 16.5 Å². The van der Waals surface area contributed by atoms with Crippen LogP contribution in [0.15, 0.2) is 42.0 Å². The van der Waals surface area contributed by atoms with E-state index in [1.165, 1.54) is 11.3 Å². The summed E-state index contributed by atoms with van der Waals surface area (Å²) in [7, 11) is 1.85. The zero-order valence-corrected chi connectivity index (χ0v) is 15.8. The van der Waals surface area contributed by atoms with Gasteiger partial charge in [0.2, 0.25) is 0 Å². The van der Waals surface area contributed by atoms with Crippen molar-refractivity contribution in [1.82, 2.24) is 20.1 Å². The Balaban J connectivity index is 1.57. The number of nitrogens with zero attached hydrogens (tertiary/aromatic N) is 3. The summed E-state index contributed by atoms with van der Waals surface area (Å²) in [6.45, 7) is 3.28. The van der Waals surface area contributed by atoms with E-state index in [-0.39, 0.29) is 5.91 Å². The Kier molecular flexibility index (Phi) is 6.01. The summed E-state index contributed by atoms with van der Waals surface area (Å²) >= 11 is 1.43. The molecular weight excluding hydrogens is 348 g/mol. The first kappa shape index (κ1) is 18.1. The largest absolute Gasteiger partial charge is 0.494 e. The molecule has 26 heavy (non-hydrogen) atoms. The molecule has 136 valence electrons. The van der Waals surface area contributed by atoms with Crippen molar-refractivity contribution in [2.45, 2.75) is 26.3 Å². The number of carbonyl (C=O) groups is 1. The van der Waals surface area contributed by atoms with Gasteiger partial charge in [0.15, 0.2) is 0 Å². The second kappa shape index (κ2) is 8.62. The second-order valence-corrected chi connectivity index (χ2v) is 6.83. The standard InChI is InChI=1S/C19H22N4O2S/c1-3-4-8-25-16-7-5-6-14(9-16)10-20-18(24)17-13-26-19(22-17)15-11-21-23(2)12-15/h5-7,9,11-13H,3-4,8,10H2,1-2H3,(H,20,24). The van der Waals surface area contributed by atoms with E-state index in [0.717, 1.165) is 34.7 Å². The molecule has 0 saturated carbocycles. The third-order valence-corrected chi connectivity index (χ3v) is 4.70. The first-order valence-corrected chi connectivity index (χ1v) is 9.48. The molecule has 0 saturated heterocycles. The number of hydrogen-bond acceptors (Lipinski definition) is 5. The summed E-state index contributed by atoms with van der Waals surface area (Å²) in [6, 6.07) is 7.79. The van der Waals surface area contributed by atoms with E-state index in [1.54, 1.807) is 16.3 Å². The number of thiazole rings is 1. The number of hydrogen-bond donors (Lipinski definition) is 1. The highest BCUT2D eigenvalue weighted by atomic mass is 32.1. The number of aromatic nitrogens is 3. The topological polar surface area (TPSA) is 69.0 Å². The maximum Gasteiger partial charge on any atom is 0.271 e. The number of ether oxygens (including phenoxy) is 1. The van der Waals surface area contributed by atoms with Crippen LogP contribution in [0, 0.1) is 0 Å². The molecule has 3 aromatic rings. The summed E-state index contributed by atoms with van der Waals surface area (Å²) in [4.78, 5) is 16.7. The van der Waals surface area contributed by atoms with Gasteiger partial charge in [0, 0.05) is 30.7 Å². The Bertz CT molecular complexity index is 872. The van der Waals surface area contributed by atoms with E-state index in [4.69, 9.17) is 4.74 Å². The average molecular weight is 370 g/mol. The SMILES string of the molecule is CCCCOc1cccc(CNC(=O)c2csc(-c3cnn(C)c3)n2)c1. The maximum absolute atomic E-state index is 12.3. The van der Waals surface area contributed by atoms with E-state index in [1.807, 2.05) is 37.5 Å². The molecule has 2 aromatic heterocycles. The molecule has 0 aliphatic heterocycles. The number of benzene rings is 1. The number of nitrogens with one attached hydrogen (secondary N) is 1. The predicted molar refractivity (Wildman–Crippen MR) is 102 cm³/mol. The van der Waals surface area contributed by atoms with Gasteiger partial charge < -0.3 is 10.1 Å². The Morgan fingerprint density at radius 2 is 2.27 bits per heavy atom. The van der Waals surface area contributed by atoms with Crippen LogP contribution in [0.3, 0.4) is 0 Å². The summed E-state index contributed by atoms with van der Waals surface area (Å²) < 4.78 is 7.42. The van der Waals surface area contributed by atoms with Crippen molar-refractivity contribution >= 4 is 17.2 Å². The molecule has 0 aliphatic rings. The zero-order chi connectivity index (χ0) is 18.4. The Morgan fingerprint density at radius 1 is 1.38 bits per heavy atom. The molecule has 2 heterocycles. The normalized spacial score (nSPS) is 10.7. The van der Waals surface area contributed by atoms with Gasteiger partial charge in [-0.25, -0.2) is 4.98 Å². The highest BCUT2D eigenvalue weighted by Crippen LogP contribution is 2.23. The highest BCUT2D eigenvalue weighted by molar-refractivity contribution is 7.13. The minimum atomic E-state index is -0.186. The van der Waals surface area contributed by atoms with Crippen LogP contribution in [-0.2, 0) is 13.6 Å². The van der Waals surface area contributed by atoms with Crippen molar-refractivity contribution in [3.63, 3.8) is 0 Å². The molecular formula is C19H22N4O2S. The molecule has 0 aliphatic carbocycles. The Hall–Kier alpha value is -2.67.